The highest BCUT2D eigenvalue weighted by atomic mass is 16.1. The molecule has 0 aliphatic carbocycles. The van der Waals surface area contributed by atoms with Gasteiger partial charge in [-0.15, -0.1) is 0 Å². The van der Waals surface area contributed by atoms with Gasteiger partial charge in [0.15, 0.2) is 0 Å². The van der Waals surface area contributed by atoms with E-state index in [1.165, 1.54) is 5.56 Å². The number of rotatable bonds is 5. The summed E-state index contributed by atoms with van der Waals surface area (Å²) in [5.41, 5.74) is 1.28. The summed E-state index contributed by atoms with van der Waals surface area (Å²) < 4.78 is 0. The van der Waals surface area contributed by atoms with Crippen molar-refractivity contribution in [3.05, 3.63) is 35.9 Å². The third kappa shape index (κ3) is 3.84. The van der Waals surface area contributed by atoms with E-state index in [4.69, 9.17) is 0 Å². The van der Waals surface area contributed by atoms with E-state index >= 15 is 0 Å². The molecule has 2 rings (SSSR count). The zero-order valence-electron chi connectivity index (χ0n) is 11.0. The van der Waals surface area contributed by atoms with Gasteiger partial charge in [0.2, 0.25) is 5.91 Å². The van der Waals surface area contributed by atoms with Crippen LogP contribution in [0, 0.1) is 5.92 Å². The van der Waals surface area contributed by atoms with Gasteiger partial charge in [-0.25, -0.2) is 0 Å². The van der Waals surface area contributed by atoms with E-state index in [0.29, 0.717) is 18.3 Å². The van der Waals surface area contributed by atoms with Crippen LogP contribution in [0.25, 0.3) is 0 Å². The molecular formula is C15H22N2O. The predicted octanol–water partition coefficient (Wildman–Crippen LogP) is 1.91. The summed E-state index contributed by atoms with van der Waals surface area (Å²) in [5, 5.41) is 6.33. The average molecular weight is 246 g/mol. The summed E-state index contributed by atoms with van der Waals surface area (Å²) in [5.74, 6) is 1.08. The number of carbonyl (C=O) groups is 1. The first kappa shape index (κ1) is 13.1. The smallest absolute Gasteiger partial charge is 0.220 e. The van der Waals surface area contributed by atoms with E-state index in [1.807, 2.05) is 18.2 Å². The summed E-state index contributed by atoms with van der Waals surface area (Å²) in [6.07, 6.45) is 1.79. The minimum atomic E-state index is 0.187. The zero-order valence-corrected chi connectivity index (χ0v) is 11.0. The normalized spacial score (nSPS) is 20.6. The van der Waals surface area contributed by atoms with Crippen molar-refractivity contribution in [3.8, 4) is 0 Å². The molecule has 0 saturated carbocycles. The molecule has 1 aliphatic rings. The van der Waals surface area contributed by atoms with Gasteiger partial charge in [0.05, 0.1) is 0 Å². The fraction of sp³-hybridized carbons (Fsp3) is 0.533. The van der Waals surface area contributed by atoms with Crippen LogP contribution < -0.4 is 10.6 Å². The molecule has 3 nitrogen and oxygen atoms in total. The van der Waals surface area contributed by atoms with Crippen LogP contribution in [0.5, 0.6) is 0 Å². The molecule has 2 atom stereocenters. The molecule has 1 heterocycles. The molecule has 1 aliphatic heterocycles. The van der Waals surface area contributed by atoms with E-state index in [1.54, 1.807) is 0 Å². The maximum absolute atomic E-state index is 11.8. The van der Waals surface area contributed by atoms with E-state index in [-0.39, 0.29) is 5.91 Å². The fourth-order valence-corrected chi connectivity index (χ4v) is 2.39. The van der Waals surface area contributed by atoms with Crippen molar-refractivity contribution in [2.24, 2.45) is 5.92 Å². The summed E-state index contributed by atoms with van der Waals surface area (Å²) in [4.78, 5) is 11.8. The quantitative estimate of drug-likeness (QED) is 0.833. The van der Waals surface area contributed by atoms with Crippen LogP contribution in [0.2, 0.25) is 0 Å². The molecule has 1 aromatic rings. The molecule has 0 bridgehead atoms. The van der Waals surface area contributed by atoms with Gasteiger partial charge < -0.3 is 10.6 Å². The fourth-order valence-electron chi connectivity index (χ4n) is 2.39. The second kappa shape index (κ2) is 6.55. The van der Waals surface area contributed by atoms with Crippen LogP contribution in [-0.4, -0.2) is 25.5 Å². The van der Waals surface area contributed by atoms with Crippen molar-refractivity contribution >= 4 is 5.91 Å². The molecule has 2 unspecified atom stereocenters. The Morgan fingerprint density at radius 1 is 1.44 bits per heavy atom. The SMILES string of the molecule is CC(CNC(=O)CC1CCNC1)c1ccccc1. The lowest BCUT2D eigenvalue weighted by molar-refractivity contribution is -0.121. The van der Waals surface area contributed by atoms with Crippen LogP contribution in [0.1, 0.15) is 31.2 Å². The van der Waals surface area contributed by atoms with Crippen molar-refractivity contribution in [1.29, 1.82) is 0 Å². The van der Waals surface area contributed by atoms with Crippen molar-refractivity contribution in [2.75, 3.05) is 19.6 Å². The van der Waals surface area contributed by atoms with Gasteiger partial charge in [0.1, 0.15) is 0 Å². The highest BCUT2D eigenvalue weighted by Crippen LogP contribution is 2.14. The Morgan fingerprint density at radius 2 is 2.22 bits per heavy atom. The number of carbonyl (C=O) groups excluding carboxylic acids is 1. The minimum Gasteiger partial charge on any atom is -0.355 e. The Morgan fingerprint density at radius 3 is 2.89 bits per heavy atom. The standard InChI is InChI=1S/C15H22N2O/c1-12(14-5-3-2-4-6-14)10-17-15(18)9-13-7-8-16-11-13/h2-6,12-13,16H,7-11H2,1H3,(H,17,18). The van der Waals surface area contributed by atoms with Crippen LogP contribution in [0.4, 0.5) is 0 Å². The Bertz CT molecular complexity index is 371. The molecule has 98 valence electrons. The van der Waals surface area contributed by atoms with Gasteiger partial charge in [-0.05, 0) is 36.9 Å². The zero-order chi connectivity index (χ0) is 12.8. The van der Waals surface area contributed by atoms with Crippen molar-refractivity contribution in [3.63, 3.8) is 0 Å². The lowest BCUT2D eigenvalue weighted by Gasteiger charge is -2.14. The van der Waals surface area contributed by atoms with Crippen LogP contribution in [0.15, 0.2) is 30.3 Å². The number of hydrogen-bond acceptors (Lipinski definition) is 2. The molecule has 0 radical (unpaired) electrons. The van der Waals surface area contributed by atoms with Gasteiger partial charge in [-0.2, -0.15) is 0 Å². The first-order valence-electron chi connectivity index (χ1n) is 6.78. The van der Waals surface area contributed by atoms with Gasteiger partial charge in [0, 0.05) is 13.0 Å². The van der Waals surface area contributed by atoms with Crippen molar-refractivity contribution in [2.45, 2.75) is 25.7 Å². The topological polar surface area (TPSA) is 41.1 Å². The number of amides is 1. The van der Waals surface area contributed by atoms with Crippen LogP contribution in [0.3, 0.4) is 0 Å². The molecular weight excluding hydrogens is 224 g/mol. The Labute approximate surface area is 109 Å². The molecule has 1 aromatic carbocycles. The first-order chi connectivity index (χ1) is 8.75. The summed E-state index contributed by atoms with van der Waals surface area (Å²) in [7, 11) is 0. The third-order valence-electron chi connectivity index (χ3n) is 3.61. The highest BCUT2D eigenvalue weighted by Gasteiger charge is 2.18. The Hall–Kier alpha value is -1.35. The van der Waals surface area contributed by atoms with Crippen molar-refractivity contribution in [1.82, 2.24) is 10.6 Å². The second-order valence-electron chi connectivity index (χ2n) is 5.18. The van der Waals surface area contributed by atoms with E-state index < -0.39 is 0 Å². The third-order valence-corrected chi connectivity index (χ3v) is 3.61. The minimum absolute atomic E-state index is 0.187. The number of benzene rings is 1. The maximum atomic E-state index is 11.8. The van der Waals surface area contributed by atoms with Gasteiger partial charge in [0.25, 0.3) is 0 Å². The Balaban J connectivity index is 1.72. The van der Waals surface area contributed by atoms with E-state index in [2.05, 4.69) is 29.7 Å². The molecule has 1 fully saturated rings. The molecule has 0 aromatic heterocycles. The highest BCUT2D eigenvalue weighted by molar-refractivity contribution is 5.76. The molecule has 18 heavy (non-hydrogen) atoms. The van der Waals surface area contributed by atoms with Gasteiger partial charge >= 0.3 is 0 Å². The van der Waals surface area contributed by atoms with E-state index in [9.17, 15) is 4.79 Å². The molecule has 0 spiro atoms. The molecule has 1 saturated heterocycles. The first-order valence-corrected chi connectivity index (χ1v) is 6.78. The average Bonchev–Trinajstić information content (AvgIpc) is 2.90. The Kier molecular flexibility index (Phi) is 4.76. The largest absolute Gasteiger partial charge is 0.355 e. The summed E-state index contributed by atoms with van der Waals surface area (Å²) >= 11 is 0. The lowest BCUT2D eigenvalue weighted by atomic mass is 10.0. The molecule has 2 N–H and O–H groups in total. The maximum Gasteiger partial charge on any atom is 0.220 e. The second-order valence-corrected chi connectivity index (χ2v) is 5.18. The number of nitrogens with one attached hydrogen (secondary N) is 2. The molecule has 3 heteroatoms. The van der Waals surface area contributed by atoms with Crippen LogP contribution >= 0.6 is 0 Å². The van der Waals surface area contributed by atoms with Gasteiger partial charge in [-0.3, -0.25) is 4.79 Å². The predicted molar refractivity (Wildman–Crippen MR) is 73.5 cm³/mol. The van der Waals surface area contributed by atoms with E-state index in [0.717, 1.165) is 26.1 Å². The van der Waals surface area contributed by atoms with Gasteiger partial charge in [-0.1, -0.05) is 37.3 Å². The summed E-state index contributed by atoms with van der Waals surface area (Å²) in [6.45, 7) is 4.91. The van der Waals surface area contributed by atoms with Crippen molar-refractivity contribution < 1.29 is 4.79 Å². The monoisotopic (exact) mass is 246 g/mol. The number of hydrogen-bond donors (Lipinski definition) is 2. The summed E-state index contributed by atoms with van der Waals surface area (Å²) in [6, 6.07) is 10.3. The lowest BCUT2D eigenvalue weighted by Crippen LogP contribution is -2.29. The van der Waals surface area contributed by atoms with Crippen LogP contribution in [-0.2, 0) is 4.79 Å². The molecule has 1 amide bonds.